The van der Waals surface area contributed by atoms with Crippen molar-refractivity contribution in [1.29, 1.82) is 0 Å². The average Bonchev–Trinajstić information content (AvgIpc) is 2.60. The molecule has 0 aliphatic heterocycles. The van der Waals surface area contributed by atoms with Crippen LogP contribution in [0.2, 0.25) is 0 Å². The van der Waals surface area contributed by atoms with Gasteiger partial charge in [-0.3, -0.25) is 0 Å². The number of rotatable bonds is 6. The molecule has 0 aromatic heterocycles. The minimum Gasteiger partial charge on any atom is -0.478 e. The summed E-state index contributed by atoms with van der Waals surface area (Å²) >= 11 is 0. The minimum absolute atomic E-state index is 0.0156. The monoisotopic (exact) mass is 597 g/mol. The van der Waals surface area contributed by atoms with Gasteiger partial charge in [-0.15, -0.1) is 0 Å². The number of carboxylic acid groups (broad SMARTS) is 3. The Balaban J connectivity index is -0.000000500. The summed E-state index contributed by atoms with van der Waals surface area (Å²) in [6.45, 7) is 32.3. The lowest BCUT2D eigenvalue weighted by Crippen LogP contribution is -2.36. The topological polar surface area (TPSA) is 190 Å². The third-order valence-electron chi connectivity index (χ3n) is 4.63. The summed E-state index contributed by atoms with van der Waals surface area (Å²) < 4.78 is 0. The van der Waals surface area contributed by atoms with Gasteiger partial charge in [0.15, 0.2) is 0 Å². The van der Waals surface area contributed by atoms with Crippen LogP contribution in [0, 0.1) is 16.2 Å². The molecule has 0 unspecified atom stereocenters. The highest BCUT2D eigenvalue weighted by Gasteiger charge is 2.22. The summed E-state index contributed by atoms with van der Waals surface area (Å²) in [5.74, 6) is -4.12. The fraction of sp³-hybridized carbons (Fsp3) is 0.727. The van der Waals surface area contributed by atoms with Gasteiger partial charge in [0.1, 0.15) is 0 Å². The van der Waals surface area contributed by atoms with Crippen molar-refractivity contribution in [3.63, 3.8) is 0 Å². The van der Waals surface area contributed by atoms with Crippen LogP contribution in [-0.2, 0) is 0 Å². The highest BCUT2D eigenvalue weighted by Crippen LogP contribution is 2.26. The van der Waals surface area contributed by atoms with Gasteiger partial charge < -0.3 is 32.5 Å². The first-order valence-electron chi connectivity index (χ1n) is 14.3. The highest BCUT2D eigenvalue weighted by molar-refractivity contribution is 5.98. The van der Waals surface area contributed by atoms with E-state index in [1.165, 1.54) is 0 Å². The summed E-state index contributed by atoms with van der Waals surface area (Å²) in [4.78, 5) is 31.7. The highest BCUT2D eigenvalue weighted by atomic mass is 16.4. The molecule has 0 saturated carbocycles. The van der Waals surface area contributed by atoms with Crippen molar-refractivity contribution in [3.05, 3.63) is 34.9 Å². The van der Waals surface area contributed by atoms with Crippen LogP contribution in [0.5, 0.6) is 0 Å². The second-order valence-corrected chi connectivity index (χ2v) is 16.9. The van der Waals surface area contributed by atoms with E-state index in [0.29, 0.717) is 16.2 Å². The Bertz CT molecular complexity index is 815. The number of benzene rings is 1. The lowest BCUT2D eigenvalue weighted by atomic mass is 9.82. The predicted molar refractivity (Wildman–Crippen MR) is 174 cm³/mol. The number of carboxylic acids is 3. The number of hydrogen-bond donors (Lipinski definition) is 6. The average molecular weight is 598 g/mol. The van der Waals surface area contributed by atoms with Crippen LogP contribution in [0.15, 0.2) is 18.2 Å². The summed E-state index contributed by atoms with van der Waals surface area (Å²) in [6.07, 6.45) is 3.21. The van der Waals surface area contributed by atoms with E-state index in [1.54, 1.807) is 0 Å². The molecule has 0 heterocycles. The maximum Gasteiger partial charge on any atom is 0.335 e. The lowest BCUT2D eigenvalue weighted by molar-refractivity contribution is 0.0696. The molecule has 246 valence electrons. The molecule has 1 rings (SSSR count). The van der Waals surface area contributed by atoms with Crippen molar-refractivity contribution >= 4 is 17.9 Å². The van der Waals surface area contributed by atoms with Crippen molar-refractivity contribution in [2.45, 2.75) is 140 Å². The van der Waals surface area contributed by atoms with E-state index < -0.39 is 17.9 Å². The number of hydrogen-bond acceptors (Lipinski definition) is 6. The Morgan fingerprint density at radius 3 is 0.643 bits per heavy atom. The van der Waals surface area contributed by atoms with Gasteiger partial charge in [-0.05, 0) is 95.2 Å². The summed E-state index contributed by atoms with van der Waals surface area (Å²) in [5.41, 5.74) is 17.4. The normalized spacial score (nSPS) is 12.4. The van der Waals surface area contributed by atoms with Crippen molar-refractivity contribution in [3.8, 4) is 0 Å². The van der Waals surface area contributed by atoms with Crippen molar-refractivity contribution in [2.24, 2.45) is 33.4 Å². The summed E-state index contributed by atoms with van der Waals surface area (Å²) in [6, 6.07) is 2.70. The van der Waals surface area contributed by atoms with E-state index in [9.17, 15) is 14.4 Å². The Labute approximate surface area is 255 Å². The van der Waals surface area contributed by atoms with Gasteiger partial charge in [-0.25, -0.2) is 14.4 Å². The molecule has 9 nitrogen and oxygen atoms in total. The van der Waals surface area contributed by atoms with Crippen LogP contribution < -0.4 is 17.2 Å². The van der Waals surface area contributed by atoms with E-state index in [1.807, 2.05) is 0 Å². The zero-order valence-corrected chi connectivity index (χ0v) is 29.2. The van der Waals surface area contributed by atoms with Crippen LogP contribution in [0.25, 0.3) is 0 Å². The zero-order valence-electron chi connectivity index (χ0n) is 29.2. The Morgan fingerprint density at radius 2 is 0.595 bits per heavy atom. The van der Waals surface area contributed by atoms with E-state index in [2.05, 4.69) is 104 Å². The molecular weight excluding hydrogens is 534 g/mol. The second kappa shape index (κ2) is 16.4. The zero-order chi connectivity index (χ0) is 34.7. The van der Waals surface area contributed by atoms with Crippen LogP contribution in [0.1, 0.15) is 154 Å². The molecule has 9 N–H and O–H groups in total. The molecule has 0 atom stereocenters. The van der Waals surface area contributed by atoms with Crippen LogP contribution in [0.4, 0.5) is 0 Å². The molecule has 1 aromatic carbocycles. The molecule has 0 spiro atoms. The molecule has 42 heavy (non-hydrogen) atoms. The van der Waals surface area contributed by atoms with Crippen molar-refractivity contribution in [2.75, 3.05) is 0 Å². The molecule has 9 heteroatoms. The van der Waals surface area contributed by atoms with E-state index in [0.717, 1.165) is 37.5 Å². The smallest absolute Gasteiger partial charge is 0.335 e. The third-order valence-corrected chi connectivity index (χ3v) is 4.63. The molecule has 0 aliphatic rings. The fourth-order valence-corrected chi connectivity index (χ4v) is 5.10. The summed E-state index contributed by atoms with van der Waals surface area (Å²) in [7, 11) is 0. The van der Waals surface area contributed by atoms with E-state index in [4.69, 9.17) is 32.5 Å². The largest absolute Gasteiger partial charge is 0.478 e. The Kier molecular flexibility index (Phi) is 17.1. The van der Waals surface area contributed by atoms with Gasteiger partial charge >= 0.3 is 17.9 Å². The minimum atomic E-state index is -1.37. The fourth-order valence-electron chi connectivity index (χ4n) is 5.10. The van der Waals surface area contributed by atoms with Gasteiger partial charge in [0, 0.05) is 16.6 Å². The molecule has 0 fully saturated rings. The Hall–Kier alpha value is -2.49. The van der Waals surface area contributed by atoms with Crippen molar-refractivity contribution in [1.82, 2.24) is 0 Å². The number of carbonyl (C=O) groups is 3. The quantitative estimate of drug-likeness (QED) is 0.196. The van der Waals surface area contributed by atoms with Crippen LogP contribution >= 0.6 is 0 Å². The number of nitrogens with two attached hydrogens (primary N) is 3. The standard InChI is InChI=1S/C9H6O6.3C8H19N/c10-7(11)4-1-5(8(12)13)3-6(2-4)9(14)15;3*1-7(2,3)6-8(4,5)9/h1-3H,(H,10,11)(H,12,13)(H,14,15);3*6,9H2,1-5H3. The predicted octanol–water partition coefficient (Wildman–Crippen LogP) is 7.26. The molecule has 0 saturated heterocycles. The van der Waals surface area contributed by atoms with Crippen LogP contribution in [0.3, 0.4) is 0 Å². The van der Waals surface area contributed by atoms with E-state index >= 15 is 0 Å². The first-order valence-corrected chi connectivity index (χ1v) is 14.3. The third kappa shape index (κ3) is 32.0. The molecule has 0 bridgehead atoms. The van der Waals surface area contributed by atoms with Gasteiger partial charge in [-0.1, -0.05) is 62.3 Å². The van der Waals surface area contributed by atoms with Gasteiger partial charge in [0.25, 0.3) is 0 Å². The van der Waals surface area contributed by atoms with E-state index in [-0.39, 0.29) is 33.3 Å². The SMILES string of the molecule is CC(C)(C)CC(C)(C)N.CC(C)(C)CC(C)(C)N.CC(C)(C)CC(C)(C)N.O=C(O)c1cc(C(=O)O)cc(C(=O)O)c1. The summed E-state index contributed by atoms with van der Waals surface area (Å²) in [5, 5.41) is 25.8. The van der Waals surface area contributed by atoms with Gasteiger partial charge in [0.05, 0.1) is 16.7 Å². The van der Waals surface area contributed by atoms with Crippen LogP contribution in [-0.4, -0.2) is 49.8 Å². The number of aromatic carboxylic acids is 3. The molecule has 0 radical (unpaired) electrons. The first-order chi connectivity index (χ1) is 18.0. The molecule has 0 aliphatic carbocycles. The maximum atomic E-state index is 10.6. The Morgan fingerprint density at radius 1 is 0.452 bits per heavy atom. The molecule has 0 amide bonds. The molecule has 1 aromatic rings. The maximum absolute atomic E-state index is 10.6. The molecular formula is C33H63N3O6. The lowest BCUT2D eigenvalue weighted by Gasteiger charge is -2.28. The van der Waals surface area contributed by atoms with Crippen molar-refractivity contribution < 1.29 is 29.7 Å². The van der Waals surface area contributed by atoms with Gasteiger partial charge in [-0.2, -0.15) is 0 Å². The first kappa shape index (κ1) is 44.0. The van der Waals surface area contributed by atoms with Gasteiger partial charge in [0.2, 0.25) is 0 Å². The second-order valence-electron chi connectivity index (χ2n) is 16.9.